The van der Waals surface area contributed by atoms with E-state index in [1.165, 1.54) is 4.90 Å². The third-order valence-electron chi connectivity index (χ3n) is 5.70. The van der Waals surface area contributed by atoms with E-state index in [0.717, 1.165) is 19.6 Å². The van der Waals surface area contributed by atoms with Gasteiger partial charge < -0.3 is 24.1 Å². The zero-order valence-corrected chi connectivity index (χ0v) is 18.6. The van der Waals surface area contributed by atoms with Crippen LogP contribution in [0, 0.1) is 6.92 Å². The van der Waals surface area contributed by atoms with Crippen LogP contribution in [0.5, 0.6) is 5.75 Å². The minimum Gasteiger partial charge on any atom is -0.507 e. The number of amides is 1. The van der Waals surface area contributed by atoms with Crippen LogP contribution >= 0.6 is 0 Å². The minimum absolute atomic E-state index is 0.0485. The third kappa shape index (κ3) is 4.66. The number of benzene rings is 1. The number of ether oxygens (including phenoxy) is 1. The Balaban J connectivity index is 1.98. The average Bonchev–Trinajstić information content (AvgIpc) is 3.32. The Hall–Kier alpha value is -3.06. The number of aliphatic hydroxyl groups excluding tert-OH is 1. The molecule has 1 saturated heterocycles. The third-order valence-corrected chi connectivity index (χ3v) is 5.70. The van der Waals surface area contributed by atoms with Crippen molar-refractivity contribution in [2.75, 3.05) is 33.3 Å². The monoisotopic (exact) mass is 426 g/mol. The summed E-state index contributed by atoms with van der Waals surface area (Å²) in [5.41, 5.74) is 0.488. The van der Waals surface area contributed by atoms with E-state index in [0.29, 0.717) is 35.8 Å². The van der Waals surface area contributed by atoms with Gasteiger partial charge in [0.05, 0.1) is 12.7 Å². The largest absolute Gasteiger partial charge is 0.507 e. The molecule has 1 aliphatic rings. The quantitative estimate of drug-likeness (QED) is 0.374. The number of nitrogens with zero attached hydrogens (tertiary/aromatic N) is 2. The van der Waals surface area contributed by atoms with Crippen LogP contribution in [0.2, 0.25) is 0 Å². The molecule has 166 valence electrons. The van der Waals surface area contributed by atoms with Crippen LogP contribution in [-0.4, -0.2) is 59.9 Å². The number of likely N-dealkylation sites (tertiary alicyclic amines) is 1. The number of Topliss-reactive ketones (excluding diaryl/α,β-unsaturated/α-hetero) is 1. The topological polar surface area (TPSA) is 83.2 Å². The smallest absolute Gasteiger partial charge is 0.295 e. The first-order chi connectivity index (χ1) is 14.9. The maximum Gasteiger partial charge on any atom is 0.295 e. The fourth-order valence-electron chi connectivity index (χ4n) is 3.92. The van der Waals surface area contributed by atoms with Gasteiger partial charge in [-0.15, -0.1) is 0 Å². The van der Waals surface area contributed by atoms with Crippen LogP contribution < -0.4 is 4.74 Å². The fraction of sp³-hybridized carbons (Fsp3) is 0.417. The van der Waals surface area contributed by atoms with Gasteiger partial charge >= 0.3 is 0 Å². The molecule has 0 saturated carbocycles. The second-order valence-corrected chi connectivity index (χ2v) is 7.55. The van der Waals surface area contributed by atoms with Crippen LogP contribution in [0.25, 0.3) is 5.76 Å². The molecule has 3 rings (SSSR count). The van der Waals surface area contributed by atoms with E-state index >= 15 is 0 Å². The summed E-state index contributed by atoms with van der Waals surface area (Å²) in [7, 11) is 1.55. The van der Waals surface area contributed by atoms with Gasteiger partial charge in [0, 0.05) is 12.1 Å². The first-order valence-electron chi connectivity index (χ1n) is 10.6. The number of aryl methyl sites for hydroxylation is 1. The normalized spacial score (nSPS) is 18.2. The molecule has 0 unspecified atom stereocenters. The maximum atomic E-state index is 13.0. The number of carbonyl (C=O) groups excluding carboxylic acids is 2. The summed E-state index contributed by atoms with van der Waals surface area (Å²) >= 11 is 0. The zero-order chi connectivity index (χ0) is 22.5. The first-order valence-corrected chi connectivity index (χ1v) is 10.6. The molecule has 1 aliphatic heterocycles. The van der Waals surface area contributed by atoms with Gasteiger partial charge in [-0.2, -0.15) is 0 Å². The molecule has 2 aromatic rings. The van der Waals surface area contributed by atoms with Gasteiger partial charge in [-0.05, 0) is 69.4 Å². The summed E-state index contributed by atoms with van der Waals surface area (Å²) in [6.07, 6.45) is 0.716. The lowest BCUT2D eigenvalue weighted by Gasteiger charge is -2.25. The average molecular weight is 427 g/mol. The van der Waals surface area contributed by atoms with Crippen molar-refractivity contribution in [2.24, 2.45) is 0 Å². The summed E-state index contributed by atoms with van der Waals surface area (Å²) in [6, 6.07) is 9.50. The van der Waals surface area contributed by atoms with Gasteiger partial charge in [0.15, 0.2) is 0 Å². The molecule has 31 heavy (non-hydrogen) atoms. The number of furan rings is 1. The Kier molecular flexibility index (Phi) is 7.17. The standard InChI is InChI=1S/C24H30N2O5/c1-5-25(6-2)14-7-15-26-21(19-13-8-16(3)31-19)20(23(28)24(26)29)22(27)17-9-11-18(30-4)12-10-17/h8-13,21,27H,5-7,14-15H2,1-4H3/t21-/m0/s1. The molecule has 1 N–H and O–H groups in total. The Bertz CT molecular complexity index is 957. The van der Waals surface area contributed by atoms with Crippen molar-refractivity contribution in [2.45, 2.75) is 33.2 Å². The van der Waals surface area contributed by atoms with Gasteiger partial charge in [0.2, 0.25) is 0 Å². The highest BCUT2D eigenvalue weighted by molar-refractivity contribution is 6.46. The number of aliphatic hydroxyl groups is 1. The van der Waals surface area contributed by atoms with Crippen LogP contribution in [-0.2, 0) is 9.59 Å². The van der Waals surface area contributed by atoms with Gasteiger partial charge in [-0.25, -0.2) is 0 Å². The van der Waals surface area contributed by atoms with E-state index in [1.807, 2.05) is 0 Å². The lowest BCUT2D eigenvalue weighted by atomic mass is 9.99. The van der Waals surface area contributed by atoms with Crippen molar-refractivity contribution >= 4 is 17.4 Å². The van der Waals surface area contributed by atoms with Gasteiger partial charge in [0.25, 0.3) is 11.7 Å². The molecule has 0 aliphatic carbocycles. The number of hydrogen-bond acceptors (Lipinski definition) is 6. The Morgan fingerprint density at radius 1 is 1.13 bits per heavy atom. The predicted molar refractivity (Wildman–Crippen MR) is 118 cm³/mol. The van der Waals surface area contributed by atoms with Crippen LogP contribution in [0.4, 0.5) is 0 Å². The highest BCUT2D eigenvalue weighted by Gasteiger charge is 2.47. The number of hydrogen-bond donors (Lipinski definition) is 1. The zero-order valence-electron chi connectivity index (χ0n) is 18.6. The fourth-order valence-corrected chi connectivity index (χ4v) is 3.92. The van der Waals surface area contributed by atoms with Crippen molar-refractivity contribution in [3.63, 3.8) is 0 Å². The van der Waals surface area contributed by atoms with Crippen molar-refractivity contribution in [3.8, 4) is 5.75 Å². The lowest BCUT2D eigenvalue weighted by Crippen LogP contribution is -2.33. The van der Waals surface area contributed by atoms with Crippen LogP contribution in [0.3, 0.4) is 0 Å². The molecular formula is C24H30N2O5. The molecule has 7 nitrogen and oxygen atoms in total. The molecule has 1 aromatic carbocycles. The minimum atomic E-state index is -0.757. The number of rotatable bonds is 9. The molecular weight excluding hydrogens is 396 g/mol. The lowest BCUT2D eigenvalue weighted by molar-refractivity contribution is -0.140. The van der Waals surface area contributed by atoms with Crippen molar-refractivity contribution in [3.05, 3.63) is 59.1 Å². The number of carbonyl (C=O) groups is 2. The van der Waals surface area contributed by atoms with E-state index in [4.69, 9.17) is 9.15 Å². The molecule has 7 heteroatoms. The highest BCUT2D eigenvalue weighted by atomic mass is 16.5. The number of methoxy groups -OCH3 is 1. The predicted octanol–water partition coefficient (Wildman–Crippen LogP) is 3.75. The molecule has 0 bridgehead atoms. The van der Waals surface area contributed by atoms with Gasteiger partial charge in [-0.3, -0.25) is 9.59 Å². The Morgan fingerprint density at radius 2 is 1.81 bits per heavy atom. The SMILES string of the molecule is CCN(CC)CCCN1C(=O)C(=O)C(=C(O)c2ccc(OC)cc2)[C@@H]1c1ccc(C)o1. The van der Waals surface area contributed by atoms with Crippen LogP contribution in [0.15, 0.2) is 46.4 Å². The second-order valence-electron chi connectivity index (χ2n) is 7.55. The Labute approximate surface area is 182 Å². The first kappa shape index (κ1) is 22.6. The molecule has 0 radical (unpaired) electrons. The molecule has 0 spiro atoms. The number of ketones is 1. The summed E-state index contributed by atoms with van der Waals surface area (Å²) in [5.74, 6) is 0.240. The molecule has 1 aromatic heterocycles. The molecule has 1 fully saturated rings. The Morgan fingerprint density at radius 3 is 2.35 bits per heavy atom. The van der Waals surface area contributed by atoms with E-state index in [1.54, 1.807) is 50.4 Å². The molecule has 1 amide bonds. The maximum absolute atomic E-state index is 13.0. The van der Waals surface area contributed by atoms with Crippen molar-refractivity contribution < 1.29 is 23.8 Å². The van der Waals surface area contributed by atoms with E-state index in [9.17, 15) is 14.7 Å². The van der Waals surface area contributed by atoms with Crippen molar-refractivity contribution in [1.82, 2.24) is 9.80 Å². The van der Waals surface area contributed by atoms with Gasteiger partial charge in [0.1, 0.15) is 29.1 Å². The summed E-state index contributed by atoms with van der Waals surface area (Å²) in [6.45, 7) is 9.05. The summed E-state index contributed by atoms with van der Waals surface area (Å²) in [5, 5.41) is 11.0. The second kappa shape index (κ2) is 9.83. The highest BCUT2D eigenvalue weighted by Crippen LogP contribution is 2.40. The molecule has 1 atom stereocenters. The van der Waals surface area contributed by atoms with E-state index < -0.39 is 17.7 Å². The van der Waals surface area contributed by atoms with Gasteiger partial charge in [-0.1, -0.05) is 13.8 Å². The summed E-state index contributed by atoms with van der Waals surface area (Å²) < 4.78 is 11.0. The van der Waals surface area contributed by atoms with E-state index in [2.05, 4.69) is 18.7 Å². The molecule has 2 heterocycles. The van der Waals surface area contributed by atoms with E-state index in [-0.39, 0.29) is 11.3 Å². The van der Waals surface area contributed by atoms with Crippen molar-refractivity contribution in [1.29, 1.82) is 0 Å². The van der Waals surface area contributed by atoms with Crippen LogP contribution in [0.1, 0.15) is 43.4 Å². The summed E-state index contributed by atoms with van der Waals surface area (Å²) in [4.78, 5) is 29.7.